The molecule has 0 fully saturated rings. The van der Waals surface area contributed by atoms with Gasteiger partial charge < -0.3 is 16.4 Å². The van der Waals surface area contributed by atoms with Crippen LogP contribution in [0.25, 0.3) is 0 Å². The van der Waals surface area contributed by atoms with Crippen LogP contribution in [0.1, 0.15) is 28.8 Å². The van der Waals surface area contributed by atoms with Gasteiger partial charge in [0.25, 0.3) is 5.91 Å². The Morgan fingerprint density at radius 3 is 2.63 bits per heavy atom. The van der Waals surface area contributed by atoms with Gasteiger partial charge in [0.1, 0.15) is 0 Å². The molecule has 104 valence electrons. The van der Waals surface area contributed by atoms with Crippen LogP contribution in [-0.4, -0.2) is 32.0 Å². The van der Waals surface area contributed by atoms with Gasteiger partial charge in [0, 0.05) is 18.5 Å². The number of benzene rings is 1. The summed E-state index contributed by atoms with van der Waals surface area (Å²) in [6.45, 7) is 1.29. The van der Waals surface area contributed by atoms with E-state index in [2.05, 4.69) is 10.6 Å². The quantitative estimate of drug-likeness (QED) is 0.595. The third-order valence-electron chi connectivity index (χ3n) is 2.79. The molecule has 4 N–H and O–H groups in total. The standard InChI is InChI=1S/C14H21N3O2/c1-16-10-8-11-5-2-3-6-12(11)14(19)17-9-4-7-13(15)18/h2-3,5-6,16H,4,7-10H2,1H3,(H2,15,18)(H,17,19). The molecule has 1 aromatic carbocycles. The largest absolute Gasteiger partial charge is 0.370 e. The molecule has 0 aliphatic carbocycles. The highest BCUT2D eigenvalue weighted by Crippen LogP contribution is 2.09. The summed E-state index contributed by atoms with van der Waals surface area (Å²) in [7, 11) is 1.88. The second-order valence-corrected chi connectivity index (χ2v) is 4.34. The minimum absolute atomic E-state index is 0.101. The van der Waals surface area contributed by atoms with E-state index in [1.54, 1.807) is 0 Å². The van der Waals surface area contributed by atoms with Gasteiger partial charge >= 0.3 is 0 Å². The SMILES string of the molecule is CNCCc1ccccc1C(=O)NCCCC(N)=O. The first-order chi connectivity index (χ1) is 9.15. The summed E-state index contributed by atoms with van der Waals surface area (Å²) in [6.07, 6.45) is 1.67. The first-order valence-corrected chi connectivity index (χ1v) is 6.44. The fourth-order valence-corrected chi connectivity index (χ4v) is 1.78. The smallest absolute Gasteiger partial charge is 0.251 e. The Bertz CT molecular complexity index is 432. The van der Waals surface area contributed by atoms with Gasteiger partial charge in [-0.15, -0.1) is 0 Å². The maximum absolute atomic E-state index is 12.0. The monoisotopic (exact) mass is 263 g/mol. The van der Waals surface area contributed by atoms with Gasteiger partial charge in [0.2, 0.25) is 5.91 Å². The normalized spacial score (nSPS) is 10.2. The minimum Gasteiger partial charge on any atom is -0.370 e. The minimum atomic E-state index is -0.344. The van der Waals surface area contributed by atoms with Crippen molar-refractivity contribution in [3.05, 3.63) is 35.4 Å². The Morgan fingerprint density at radius 2 is 1.95 bits per heavy atom. The van der Waals surface area contributed by atoms with E-state index < -0.39 is 0 Å². The molecule has 0 heterocycles. The number of carbonyl (C=O) groups is 2. The summed E-state index contributed by atoms with van der Waals surface area (Å²) >= 11 is 0. The van der Waals surface area contributed by atoms with Crippen LogP contribution in [0, 0.1) is 0 Å². The molecule has 0 unspecified atom stereocenters. The topological polar surface area (TPSA) is 84.2 Å². The van der Waals surface area contributed by atoms with Gasteiger partial charge in [0.15, 0.2) is 0 Å². The predicted octanol–water partition coefficient (Wildman–Crippen LogP) is 0.444. The number of nitrogens with two attached hydrogens (primary N) is 1. The van der Waals surface area contributed by atoms with Crippen molar-refractivity contribution in [2.45, 2.75) is 19.3 Å². The maximum Gasteiger partial charge on any atom is 0.251 e. The summed E-state index contributed by atoms with van der Waals surface area (Å²) in [5, 5.41) is 5.87. The molecule has 5 heteroatoms. The van der Waals surface area contributed by atoms with E-state index in [4.69, 9.17) is 5.73 Å². The van der Waals surface area contributed by atoms with Crippen LogP contribution in [0.2, 0.25) is 0 Å². The lowest BCUT2D eigenvalue weighted by Crippen LogP contribution is -2.27. The number of likely N-dealkylation sites (N-methyl/N-ethyl adjacent to an activating group) is 1. The van der Waals surface area contributed by atoms with E-state index in [9.17, 15) is 9.59 Å². The molecule has 0 saturated carbocycles. The van der Waals surface area contributed by atoms with E-state index in [0.29, 0.717) is 24.9 Å². The third kappa shape index (κ3) is 5.52. The van der Waals surface area contributed by atoms with Crippen molar-refractivity contribution in [3.63, 3.8) is 0 Å². The average Bonchev–Trinajstić information content (AvgIpc) is 2.41. The predicted molar refractivity (Wildman–Crippen MR) is 74.8 cm³/mol. The first-order valence-electron chi connectivity index (χ1n) is 6.44. The van der Waals surface area contributed by atoms with E-state index in [1.807, 2.05) is 31.3 Å². The first kappa shape index (κ1) is 15.2. The molecule has 1 aromatic rings. The van der Waals surface area contributed by atoms with Crippen LogP contribution in [0.5, 0.6) is 0 Å². The van der Waals surface area contributed by atoms with Crippen LogP contribution in [0.4, 0.5) is 0 Å². The van der Waals surface area contributed by atoms with Gasteiger partial charge in [-0.25, -0.2) is 0 Å². The zero-order chi connectivity index (χ0) is 14.1. The second kappa shape index (κ2) is 8.26. The van der Waals surface area contributed by atoms with Crippen molar-refractivity contribution in [2.75, 3.05) is 20.1 Å². The van der Waals surface area contributed by atoms with Crippen molar-refractivity contribution in [3.8, 4) is 0 Å². The van der Waals surface area contributed by atoms with Crippen LogP contribution in [-0.2, 0) is 11.2 Å². The summed E-state index contributed by atoms with van der Waals surface area (Å²) < 4.78 is 0. The molecule has 0 radical (unpaired) electrons. The Morgan fingerprint density at radius 1 is 1.21 bits per heavy atom. The molecule has 0 atom stereocenters. The summed E-state index contributed by atoms with van der Waals surface area (Å²) in [5.74, 6) is -0.445. The van der Waals surface area contributed by atoms with Gasteiger partial charge in [-0.3, -0.25) is 9.59 Å². The highest BCUT2D eigenvalue weighted by Gasteiger charge is 2.09. The zero-order valence-electron chi connectivity index (χ0n) is 11.2. The molecule has 0 aromatic heterocycles. The molecule has 0 bridgehead atoms. The number of primary amides is 1. The Labute approximate surface area is 113 Å². The number of rotatable bonds is 8. The number of carbonyl (C=O) groups excluding carboxylic acids is 2. The van der Waals surface area contributed by atoms with Crippen molar-refractivity contribution in [2.24, 2.45) is 5.73 Å². The fraction of sp³-hybridized carbons (Fsp3) is 0.429. The van der Waals surface area contributed by atoms with E-state index in [1.165, 1.54) is 0 Å². The van der Waals surface area contributed by atoms with Crippen LogP contribution in [0.3, 0.4) is 0 Å². The summed E-state index contributed by atoms with van der Waals surface area (Å²) in [5.41, 5.74) is 6.75. The molecule has 0 aliphatic rings. The van der Waals surface area contributed by atoms with E-state index in [-0.39, 0.29) is 11.8 Å². The Hall–Kier alpha value is -1.88. The molecule has 5 nitrogen and oxygen atoms in total. The molecule has 19 heavy (non-hydrogen) atoms. The molecule has 1 rings (SSSR count). The Balaban J connectivity index is 2.53. The number of amides is 2. The third-order valence-corrected chi connectivity index (χ3v) is 2.79. The summed E-state index contributed by atoms with van der Waals surface area (Å²) in [6, 6.07) is 7.54. The van der Waals surface area contributed by atoms with Crippen LogP contribution < -0.4 is 16.4 Å². The van der Waals surface area contributed by atoms with Gasteiger partial charge in [0.05, 0.1) is 0 Å². The molecular formula is C14H21N3O2. The average molecular weight is 263 g/mol. The van der Waals surface area contributed by atoms with Crippen molar-refractivity contribution in [1.29, 1.82) is 0 Å². The zero-order valence-corrected chi connectivity index (χ0v) is 11.2. The second-order valence-electron chi connectivity index (χ2n) is 4.34. The number of nitrogens with one attached hydrogen (secondary N) is 2. The van der Waals surface area contributed by atoms with Gasteiger partial charge in [-0.1, -0.05) is 18.2 Å². The van der Waals surface area contributed by atoms with Crippen molar-refractivity contribution in [1.82, 2.24) is 10.6 Å². The van der Waals surface area contributed by atoms with E-state index in [0.717, 1.165) is 18.5 Å². The Kier molecular flexibility index (Phi) is 6.60. The number of hydrogen-bond donors (Lipinski definition) is 3. The molecular weight excluding hydrogens is 242 g/mol. The summed E-state index contributed by atoms with van der Waals surface area (Å²) in [4.78, 5) is 22.6. The highest BCUT2D eigenvalue weighted by atomic mass is 16.2. The fourth-order valence-electron chi connectivity index (χ4n) is 1.78. The number of hydrogen-bond acceptors (Lipinski definition) is 3. The molecule has 2 amide bonds. The van der Waals surface area contributed by atoms with Gasteiger partial charge in [-0.05, 0) is 38.1 Å². The van der Waals surface area contributed by atoms with E-state index >= 15 is 0 Å². The lowest BCUT2D eigenvalue weighted by molar-refractivity contribution is -0.118. The van der Waals surface area contributed by atoms with Gasteiger partial charge in [-0.2, -0.15) is 0 Å². The highest BCUT2D eigenvalue weighted by molar-refractivity contribution is 5.95. The van der Waals surface area contributed by atoms with Crippen LogP contribution in [0.15, 0.2) is 24.3 Å². The van der Waals surface area contributed by atoms with Crippen molar-refractivity contribution < 1.29 is 9.59 Å². The molecule has 0 spiro atoms. The van der Waals surface area contributed by atoms with Crippen molar-refractivity contribution >= 4 is 11.8 Å². The van der Waals surface area contributed by atoms with Crippen LogP contribution >= 0.6 is 0 Å². The maximum atomic E-state index is 12.0. The molecule has 0 aliphatic heterocycles. The lowest BCUT2D eigenvalue weighted by Gasteiger charge is -2.09. The molecule has 0 saturated heterocycles. The lowest BCUT2D eigenvalue weighted by atomic mass is 10.0.